The number of benzene rings is 3. The normalized spacial score (nSPS) is 19.2. The number of rotatable bonds is 11. The number of carbonyl (C=O) groups excluding carboxylic acids is 1. The smallest absolute Gasteiger partial charge is 0.309 e. The van der Waals surface area contributed by atoms with Crippen molar-refractivity contribution in [3.05, 3.63) is 107 Å². The number of aryl methyl sites for hydroxylation is 3. The van der Waals surface area contributed by atoms with Crippen LogP contribution in [0.15, 0.2) is 83.5 Å². The summed E-state index contributed by atoms with van der Waals surface area (Å²) in [6.07, 6.45) is 5.44. The van der Waals surface area contributed by atoms with Gasteiger partial charge in [0.05, 0.1) is 18.7 Å². The van der Waals surface area contributed by atoms with Crippen LogP contribution in [0.2, 0.25) is 0 Å². The van der Waals surface area contributed by atoms with Gasteiger partial charge < -0.3 is 14.8 Å². The Kier molecular flexibility index (Phi) is 8.66. The zero-order chi connectivity index (χ0) is 28.1. The maximum Gasteiger partial charge on any atom is 0.309 e. The quantitative estimate of drug-likeness (QED) is 0.220. The molecule has 0 unspecified atom stereocenters. The van der Waals surface area contributed by atoms with E-state index < -0.39 is 17.9 Å². The first kappa shape index (κ1) is 27.7. The topological polar surface area (TPSA) is 82.8 Å². The van der Waals surface area contributed by atoms with Gasteiger partial charge in [0.25, 0.3) is 0 Å². The van der Waals surface area contributed by atoms with E-state index in [0.29, 0.717) is 13.1 Å². The van der Waals surface area contributed by atoms with Gasteiger partial charge in [-0.1, -0.05) is 67.1 Å². The molecule has 208 valence electrons. The molecular weight excluding hydrogens is 500 g/mol. The Morgan fingerprint density at radius 2 is 1.77 bits per heavy atom. The Bertz CT molecular complexity index is 1460. The summed E-state index contributed by atoms with van der Waals surface area (Å²) in [7, 11) is 0. The summed E-state index contributed by atoms with van der Waals surface area (Å²) in [6, 6.07) is 24.1. The van der Waals surface area contributed by atoms with Crippen LogP contribution >= 0.6 is 0 Å². The van der Waals surface area contributed by atoms with Crippen LogP contribution in [0.5, 0.6) is 0 Å². The number of amides is 1. The number of hydrogen-bond acceptors (Lipinski definition) is 4. The third-order valence-electron chi connectivity index (χ3n) is 8.16. The highest BCUT2D eigenvalue weighted by atomic mass is 16.4. The minimum Gasteiger partial charge on any atom is -0.481 e. The first-order valence-electron chi connectivity index (χ1n) is 14.3. The lowest BCUT2D eigenvalue weighted by Gasteiger charge is -2.27. The van der Waals surface area contributed by atoms with Crippen molar-refractivity contribution in [3.63, 3.8) is 0 Å². The lowest BCUT2D eigenvalue weighted by Crippen LogP contribution is -2.38. The summed E-state index contributed by atoms with van der Waals surface area (Å²) in [5.74, 6) is -1.85. The van der Waals surface area contributed by atoms with E-state index in [-0.39, 0.29) is 18.4 Å². The molecule has 0 aliphatic carbocycles. The van der Waals surface area contributed by atoms with Crippen molar-refractivity contribution in [2.24, 2.45) is 5.92 Å². The fourth-order valence-corrected chi connectivity index (χ4v) is 6.08. The Balaban J connectivity index is 1.30. The number of carboxylic acids is 1. The minimum atomic E-state index is -0.846. The van der Waals surface area contributed by atoms with E-state index >= 15 is 0 Å². The first-order valence-corrected chi connectivity index (χ1v) is 14.3. The summed E-state index contributed by atoms with van der Waals surface area (Å²) in [6.45, 7) is 5.46. The van der Waals surface area contributed by atoms with Gasteiger partial charge in [-0.2, -0.15) is 0 Å². The number of likely N-dealkylation sites (tertiary alicyclic amines) is 1. The maximum absolute atomic E-state index is 13.1. The zero-order valence-electron chi connectivity index (χ0n) is 23.3. The molecule has 0 saturated carbocycles. The highest BCUT2D eigenvalue weighted by Crippen LogP contribution is 2.46. The van der Waals surface area contributed by atoms with E-state index in [1.54, 1.807) is 6.26 Å². The molecule has 1 aromatic heterocycles. The van der Waals surface area contributed by atoms with Gasteiger partial charge in [-0.15, -0.1) is 0 Å². The number of fused-ring (bicyclic) bond motifs is 1. The Labute approximate surface area is 236 Å². The number of hydrogen-bond donors (Lipinski definition) is 2. The molecular formula is C34H38N2O4. The molecule has 1 saturated heterocycles. The lowest BCUT2D eigenvalue weighted by atomic mass is 9.82. The highest BCUT2D eigenvalue weighted by molar-refractivity contribution is 5.80. The van der Waals surface area contributed by atoms with Crippen molar-refractivity contribution >= 4 is 22.8 Å². The Hall–Kier alpha value is -3.90. The predicted molar refractivity (Wildman–Crippen MR) is 157 cm³/mol. The van der Waals surface area contributed by atoms with Crippen LogP contribution in [0.25, 0.3) is 11.0 Å². The summed E-state index contributed by atoms with van der Waals surface area (Å²) in [5.41, 5.74) is 6.44. The van der Waals surface area contributed by atoms with Crippen LogP contribution in [-0.4, -0.2) is 41.5 Å². The fourth-order valence-electron chi connectivity index (χ4n) is 6.08. The van der Waals surface area contributed by atoms with Crippen LogP contribution in [0.4, 0.5) is 0 Å². The molecule has 1 fully saturated rings. The van der Waals surface area contributed by atoms with Gasteiger partial charge in [0.1, 0.15) is 5.58 Å². The summed E-state index contributed by atoms with van der Waals surface area (Å²) < 4.78 is 5.50. The number of carboxylic acid groups (broad SMARTS) is 1. The molecule has 6 nitrogen and oxygen atoms in total. The van der Waals surface area contributed by atoms with E-state index in [1.807, 2.05) is 41.3 Å². The van der Waals surface area contributed by atoms with Gasteiger partial charge in [0.2, 0.25) is 5.91 Å². The van der Waals surface area contributed by atoms with Crippen LogP contribution in [0.1, 0.15) is 59.5 Å². The minimum absolute atomic E-state index is 0.0687. The zero-order valence-corrected chi connectivity index (χ0v) is 23.3. The molecule has 1 aliphatic heterocycles. The molecule has 2 heterocycles. The Morgan fingerprint density at radius 3 is 2.52 bits per heavy atom. The molecule has 1 amide bonds. The van der Waals surface area contributed by atoms with Crippen molar-refractivity contribution in [1.29, 1.82) is 0 Å². The molecule has 2 N–H and O–H groups in total. The van der Waals surface area contributed by atoms with Crippen LogP contribution in [0, 0.1) is 12.8 Å². The third-order valence-corrected chi connectivity index (χ3v) is 8.16. The number of carbonyl (C=O) groups is 2. The molecule has 0 radical (unpaired) electrons. The summed E-state index contributed by atoms with van der Waals surface area (Å²) in [4.78, 5) is 27.9. The van der Waals surface area contributed by atoms with Crippen LogP contribution < -0.4 is 5.32 Å². The molecule has 0 bridgehead atoms. The molecule has 6 heteroatoms. The molecule has 5 rings (SSSR count). The van der Waals surface area contributed by atoms with E-state index in [2.05, 4.69) is 55.6 Å². The van der Waals surface area contributed by atoms with E-state index in [4.69, 9.17) is 4.42 Å². The molecule has 0 spiro atoms. The average Bonchev–Trinajstić information content (AvgIpc) is 3.57. The molecule has 3 aromatic carbocycles. The number of aliphatic carboxylic acids is 1. The van der Waals surface area contributed by atoms with E-state index in [1.165, 1.54) is 16.7 Å². The van der Waals surface area contributed by atoms with Crippen molar-refractivity contribution in [2.45, 2.75) is 51.5 Å². The monoisotopic (exact) mass is 538 g/mol. The van der Waals surface area contributed by atoms with Crippen LogP contribution in [-0.2, 0) is 22.4 Å². The molecule has 4 aromatic rings. The largest absolute Gasteiger partial charge is 0.481 e. The number of unbranched alkanes of at least 4 members (excludes halogenated alkanes) is 1. The van der Waals surface area contributed by atoms with Gasteiger partial charge in [-0.25, -0.2) is 0 Å². The van der Waals surface area contributed by atoms with Gasteiger partial charge in [-0.05, 0) is 73.1 Å². The average molecular weight is 539 g/mol. The third kappa shape index (κ3) is 6.28. The van der Waals surface area contributed by atoms with E-state index in [9.17, 15) is 14.7 Å². The molecule has 40 heavy (non-hydrogen) atoms. The van der Waals surface area contributed by atoms with Crippen molar-refractivity contribution in [2.75, 3.05) is 19.6 Å². The van der Waals surface area contributed by atoms with Crippen molar-refractivity contribution < 1.29 is 19.1 Å². The lowest BCUT2D eigenvalue weighted by molar-refractivity contribution is -0.143. The Morgan fingerprint density at radius 1 is 0.975 bits per heavy atom. The second kappa shape index (κ2) is 12.5. The number of nitrogens with zero attached hydrogens (tertiary/aromatic N) is 1. The van der Waals surface area contributed by atoms with Crippen LogP contribution in [0.3, 0.4) is 0 Å². The SMILES string of the molecule is CCc1ccc([C@@H]2[C@@H](C(=O)O)[C@@H](c3ccc4occc4c3)CN2CC(=O)NCCCCc2cccc(C)c2)cc1. The van der Waals surface area contributed by atoms with Gasteiger partial charge in [0.15, 0.2) is 0 Å². The van der Waals surface area contributed by atoms with Crippen molar-refractivity contribution in [1.82, 2.24) is 10.2 Å². The van der Waals surface area contributed by atoms with Gasteiger partial charge >= 0.3 is 5.97 Å². The molecule has 3 atom stereocenters. The highest BCUT2D eigenvalue weighted by Gasteiger charge is 2.47. The standard InChI is InChI=1S/C34H38N2O4/c1-3-24-10-12-26(13-11-24)33-32(34(38)39)29(27-14-15-30-28(20-27)16-18-40-30)21-36(33)22-31(37)35-17-5-4-8-25-9-6-7-23(2)19-25/h6-7,9-16,18-20,29,32-33H,3-5,8,17,21-22H2,1-2H3,(H,35,37)(H,38,39)/t29-,32+,33-/m1/s1. The van der Waals surface area contributed by atoms with Gasteiger partial charge in [-0.3, -0.25) is 14.5 Å². The first-order chi connectivity index (χ1) is 19.4. The summed E-state index contributed by atoms with van der Waals surface area (Å²) >= 11 is 0. The second-order valence-electron chi connectivity index (χ2n) is 11.0. The van der Waals surface area contributed by atoms with E-state index in [0.717, 1.165) is 47.8 Å². The number of nitrogens with one attached hydrogen (secondary N) is 1. The second-order valence-corrected chi connectivity index (χ2v) is 11.0. The summed E-state index contributed by atoms with van der Waals surface area (Å²) in [5, 5.41) is 14.5. The van der Waals surface area contributed by atoms with Gasteiger partial charge in [0, 0.05) is 30.4 Å². The van der Waals surface area contributed by atoms with Crippen molar-refractivity contribution in [3.8, 4) is 0 Å². The molecule has 1 aliphatic rings. The maximum atomic E-state index is 13.1. The fraction of sp³-hybridized carbons (Fsp3) is 0.353. The number of furan rings is 1. The predicted octanol–water partition coefficient (Wildman–Crippen LogP) is 6.28.